The van der Waals surface area contributed by atoms with E-state index < -0.39 is 0 Å². The largest absolute Gasteiger partial charge is 0.347 e. The van der Waals surface area contributed by atoms with Gasteiger partial charge in [0, 0.05) is 23.8 Å². The molecule has 3 fully saturated rings. The molecule has 1 heterocycles. The van der Waals surface area contributed by atoms with Crippen LogP contribution < -0.4 is 4.90 Å². The highest BCUT2D eigenvalue weighted by atomic mass is 15.5. The predicted octanol–water partition coefficient (Wildman–Crippen LogP) is 7.10. The molecule has 2 unspecified atom stereocenters. The maximum atomic E-state index is 3.02. The maximum Gasteiger partial charge on any atom is 0.109 e. The first kappa shape index (κ1) is 20.1. The summed E-state index contributed by atoms with van der Waals surface area (Å²) in [5.41, 5.74) is 4.31. The van der Waals surface area contributed by atoms with Gasteiger partial charge in [-0.3, -0.25) is 4.90 Å². The number of benzene rings is 2. The first-order chi connectivity index (χ1) is 14.8. The monoisotopic (exact) mass is 402 g/mol. The summed E-state index contributed by atoms with van der Waals surface area (Å²) >= 11 is 0. The Bertz CT molecular complexity index is 820. The van der Waals surface area contributed by atoms with Crippen molar-refractivity contribution >= 4 is 5.69 Å². The van der Waals surface area contributed by atoms with E-state index in [9.17, 15) is 0 Å². The van der Waals surface area contributed by atoms with Crippen LogP contribution in [0.3, 0.4) is 0 Å². The molecule has 3 aliphatic rings. The van der Waals surface area contributed by atoms with E-state index in [4.69, 9.17) is 0 Å². The molecule has 1 aliphatic heterocycles. The van der Waals surface area contributed by atoms with Crippen molar-refractivity contribution in [3.63, 3.8) is 0 Å². The van der Waals surface area contributed by atoms with Crippen LogP contribution in [0.25, 0.3) is 0 Å². The minimum atomic E-state index is 0.357. The van der Waals surface area contributed by atoms with Gasteiger partial charge in [-0.15, -0.1) is 0 Å². The van der Waals surface area contributed by atoms with E-state index in [0.717, 1.165) is 12.0 Å². The highest BCUT2D eigenvalue weighted by Gasteiger charge is 2.51. The van der Waals surface area contributed by atoms with Gasteiger partial charge in [0.1, 0.15) is 6.17 Å². The van der Waals surface area contributed by atoms with Crippen molar-refractivity contribution in [3.8, 4) is 0 Å². The molecule has 160 valence electrons. The molecule has 2 nitrogen and oxygen atoms in total. The van der Waals surface area contributed by atoms with Gasteiger partial charge < -0.3 is 4.90 Å². The van der Waals surface area contributed by atoms with Gasteiger partial charge in [0.05, 0.1) is 0 Å². The molecule has 0 aromatic heterocycles. The Hall–Kier alpha value is -1.80. The molecule has 0 radical (unpaired) electrons. The Morgan fingerprint density at radius 1 is 0.733 bits per heavy atom. The van der Waals surface area contributed by atoms with Gasteiger partial charge >= 0.3 is 0 Å². The molecule has 0 N–H and O–H groups in total. The maximum absolute atomic E-state index is 3.02. The van der Waals surface area contributed by atoms with Crippen LogP contribution in [-0.2, 0) is 0 Å². The normalized spacial score (nSPS) is 29.0. The molecule has 0 bridgehead atoms. The number of hydrogen-bond donors (Lipinski definition) is 0. The summed E-state index contributed by atoms with van der Waals surface area (Å²) in [5, 5.41) is 0. The fraction of sp³-hybridized carbons (Fsp3) is 0.571. The second-order valence-electron chi connectivity index (χ2n) is 9.99. The van der Waals surface area contributed by atoms with E-state index in [2.05, 4.69) is 78.2 Å². The highest BCUT2D eigenvalue weighted by Crippen LogP contribution is 2.49. The zero-order chi connectivity index (χ0) is 20.5. The summed E-state index contributed by atoms with van der Waals surface area (Å²) in [4.78, 5) is 5.81. The third-order valence-corrected chi connectivity index (χ3v) is 8.19. The molecule has 2 aromatic rings. The molecule has 30 heavy (non-hydrogen) atoms. The van der Waals surface area contributed by atoms with E-state index in [1.54, 1.807) is 0 Å². The first-order valence-electron chi connectivity index (χ1n) is 12.4. The molecular weight excluding hydrogens is 364 g/mol. The topological polar surface area (TPSA) is 6.48 Å². The van der Waals surface area contributed by atoms with Crippen LogP contribution in [0.4, 0.5) is 5.69 Å². The fourth-order valence-electron chi connectivity index (χ4n) is 6.86. The standard InChI is InChI=1S/C28H38N2/c1-21-13-9-12-20-26(21)29-22(2)27(23-14-10-11-15-23)30(25-18-7-4-8-19-25)28(29)24-16-5-3-6-17-24/h3,5-6,9,12-13,16-17,20,22-23,25,27-28H,4,7-8,10-11,14-15,18-19H2,1-2H3/t22-,27?,28?/m0/s1. The Kier molecular flexibility index (Phi) is 5.87. The highest BCUT2D eigenvalue weighted by molar-refractivity contribution is 5.57. The lowest BCUT2D eigenvalue weighted by Crippen LogP contribution is -2.47. The molecule has 2 saturated carbocycles. The zero-order valence-electron chi connectivity index (χ0n) is 18.8. The summed E-state index contributed by atoms with van der Waals surface area (Å²) in [5.74, 6) is 0.849. The third kappa shape index (κ3) is 3.58. The molecule has 0 spiro atoms. The van der Waals surface area contributed by atoms with E-state index in [1.165, 1.54) is 74.6 Å². The molecule has 5 rings (SSSR count). The van der Waals surface area contributed by atoms with E-state index in [1.807, 2.05) is 0 Å². The summed E-state index contributed by atoms with van der Waals surface area (Å²) in [6.45, 7) is 4.81. The number of hydrogen-bond acceptors (Lipinski definition) is 2. The molecule has 2 heteroatoms. The summed E-state index contributed by atoms with van der Waals surface area (Å²) in [6.07, 6.45) is 13.0. The van der Waals surface area contributed by atoms with Crippen molar-refractivity contribution in [1.82, 2.24) is 4.90 Å². The number of nitrogens with zero attached hydrogens (tertiary/aromatic N) is 2. The second kappa shape index (κ2) is 8.75. The minimum absolute atomic E-state index is 0.357. The zero-order valence-corrected chi connectivity index (χ0v) is 18.8. The van der Waals surface area contributed by atoms with Crippen molar-refractivity contribution in [2.45, 2.75) is 95.9 Å². The van der Waals surface area contributed by atoms with Gasteiger partial charge in [-0.05, 0) is 62.6 Å². The smallest absolute Gasteiger partial charge is 0.109 e. The Labute approximate surface area is 183 Å². The van der Waals surface area contributed by atoms with Gasteiger partial charge in [0.25, 0.3) is 0 Å². The van der Waals surface area contributed by atoms with Gasteiger partial charge in [-0.25, -0.2) is 0 Å². The Balaban J connectivity index is 1.64. The van der Waals surface area contributed by atoms with Crippen LogP contribution in [0.5, 0.6) is 0 Å². The lowest BCUT2D eigenvalue weighted by atomic mass is 9.87. The third-order valence-electron chi connectivity index (χ3n) is 8.19. The number of aryl methyl sites for hydroxylation is 1. The lowest BCUT2D eigenvalue weighted by Gasteiger charge is -2.42. The van der Waals surface area contributed by atoms with Crippen molar-refractivity contribution in [3.05, 3.63) is 65.7 Å². The average Bonchev–Trinajstić information content (AvgIpc) is 3.41. The minimum Gasteiger partial charge on any atom is -0.347 e. The lowest BCUT2D eigenvalue weighted by molar-refractivity contribution is 0.0676. The Morgan fingerprint density at radius 2 is 1.37 bits per heavy atom. The van der Waals surface area contributed by atoms with Gasteiger partial charge in [-0.2, -0.15) is 0 Å². The molecule has 3 atom stereocenters. The quantitative estimate of drug-likeness (QED) is 0.538. The van der Waals surface area contributed by atoms with Crippen LogP contribution in [0.2, 0.25) is 0 Å². The van der Waals surface area contributed by atoms with Crippen LogP contribution in [0, 0.1) is 12.8 Å². The number of para-hydroxylation sites is 1. The molecular formula is C28H38N2. The van der Waals surface area contributed by atoms with Crippen LogP contribution >= 0.6 is 0 Å². The summed E-state index contributed by atoms with van der Waals surface area (Å²) in [6, 6.07) is 22.4. The first-order valence-corrected chi connectivity index (χ1v) is 12.4. The second-order valence-corrected chi connectivity index (χ2v) is 9.99. The van der Waals surface area contributed by atoms with Crippen molar-refractivity contribution < 1.29 is 0 Å². The molecule has 2 aromatic carbocycles. The van der Waals surface area contributed by atoms with E-state index >= 15 is 0 Å². The van der Waals surface area contributed by atoms with Crippen molar-refractivity contribution in [2.75, 3.05) is 4.90 Å². The van der Waals surface area contributed by atoms with Crippen molar-refractivity contribution in [2.24, 2.45) is 5.92 Å². The van der Waals surface area contributed by atoms with Crippen LogP contribution in [0.1, 0.15) is 82.0 Å². The molecule has 2 aliphatic carbocycles. The van der Waals surface area contributed by atoms with Crippen molar-refractivity contribution in [1.29, 1.82) is 0 Å². The fourth-order valence-corrected chi connectivity index (χ4v) is 6.86. The predicted molar refractivity (Wildman–Crippen MR) is 127 cm³/mol. The van der Waals surface area contributed by atoms with Gasteiger partial charge in [0.2, 0.25) is 0 Å². The number of rotatable bonds is 4. The van der Waals surface area contributed by atoms with Crippen LogP contribution in [-0.4, -0.2) is 23.0 Å². The molecule has 1 saturated heterocycles. The van der Waals surface area contributed by atoms with Gasteiger partial charge in [0.15, 0.2) is 0 Å². The number of anilines is 1. The average molecular weight is 403 g/mol. The molecule has 0 amide bonds. The van der Waals surface area contributed by atoms with E-state index in [0.29, 0.717) is 18.2 Å². The van der Waals surface area contributed by atoms with Crippen LogP contribution in [0.15, 0.2) is 54.6 Å². The Morgan fingerprint density at radius 3 is 2.07 bits per heavy atom. The van der Waals surface area contributed by atoms with E-state index in [-0.39, 0.29) is 0 Å². The SMILES string of the molecule is Cc1ccccc1N1C(c2ccccc2)N(C2CCCCC2)C(C2CCCC2)[C@@H]1C. The van der Waals surface area contributed by atoms with Gasteiger partial charge in [-0.1, -0.05) is 80.6 Å². The summed E-state index contributed by atoms with van der Waals surface area (Å²) in [7, 11) is 0. The summed E-state index contributed by atoms with van der Waals surface area (Å²) < 4.78 is 0.